The van der Waals surface area contributed by atoms with Crippen molar-refractivity contribution in [2.24, 2.45) is 5.92 Å². The molecule has 6 rings (SSSR count). The molecule has 0 N–H and O–H groups in total. The number of tetrazole rings is 1. The molecule has 0 amide bonds. The summed E-state index contributed by atoms with van der Waals surface area (Å²) in [5.74, 6) is -0.101. The number of hydrogen-bond acceptors (Lipinski definition) is 7. The topological polar surface area (TPSA) is 101 Å². The summed E-state index contributed by atoms with van der Waals surface area (Å²) in [6.45, 7) is 0. The third kappa shape index (κ3) is 4.17. The molecule has 9 nitrogen and oxygen atoms in total. The van der Waals surface area contributed by atoms with Crippen molar-refractivity contribution in [3.05, 3.63) is 82.6 Å². The van der Waals surface area contributed by atoms with Gasteiger partial charge in [0.1, 0.15) is 12.4 Å². The first-order valence-electron chi connectivity index (χ1n) is 11.0. The Labute approximate surface area is 208 Å². The molecule has 1 aliphatic rings. The predicted molar refractivity (Wildman–Crippen MR) is 127 cm³/mol. The highest BCUT2D eigenvalue weighted by atomic mass is 35.5. The number of aromatic nitrogens is 8. The molecule has 0 radical (unpaired) electrons. The second kappa shape index (κ2) is 8.82. The number of nitrogens with zero attached hydrogens (tertiary/aromatic N) is 8. The van der Waals surface area contributed by atoms with Crippen LogP contribution in [0.5, 0.6) is 0 Å². The van der Waals surface area contributed by atoms with Crippen molar-refractivity contribution in [1.82, 2.24) is 35.0 Å². The molecule has 1 fully saturated rings. The Morgan fingerprint density at radius 3 is 2.80 bits per heavy atom. The minimum atomic E-state index is -0.650. The minimum absolute atomic E-state index is 0.0582. The maximum Gasteiger partial charge on any atom is 0.217 e. The summed E-state index contributed by atoms with van der Waals surface area (Å²) in [4.78, 5) is 5.15. The van der Waals surface area contributed by atoms with E-state index >= 15 is 4.39 Å². The van der Waals surface area contributed by atoms with E-state index in [4.69, 9.17) is 11.6 Å². The molecular formula is C23H18ClFN8OS. The fraction of sp³-hybridized carbons (Fsp3) is 0.217. The summed E-state index contributed by atoms with van der Waals surface area (Å²) in [6.07, 6.45) is 11.3. The van der Waals surface area contributed by atoms with Crippen molar-refractivity contribution < 1.29 is 9.12 Å². The van der Waals surface area contributed by atoms with Crippen LogP contribution < -0.4 is 4.73 Å². The second-order valence-electron chi connectivity index (χ2n) is 8.45. The molecule has 5 aromatic rings. The van der Waals surface area contributed by atoms with Crippen LogP contribution in [0.2, 0.25) is 5.02 Å². The van der Waals surface area contributed by atoms with Gasteiger partial charge in [0.05, 0.1) is 38.4 Å². The first-order chi connectivity index (χ1) is 17.1. The lowest BCUT2D eigenvalue weighted by atomic mass is 10.0. The molecule has 0 bridgehead atoms. The van der Waals surface area contributed by atoms with E-state index in [2.05, 4.69) is 25.6 Å². The monoisotopic (exact) mass is 508 g/mol. The standard InChI is InChI=1S/C23H18ClFN8OS/c24-17-4-6-19(32-12-27-29-30-32)22(23(17)25)15-3-5-18(33(34)11-15)20(7-14-1-2-14)31-10-16(8-28-31)21-9-26-13-35-21/h3-6,8-14,20H,1-2,7H2. The number of thiazole rings is 1. The van der Waals surface area contributed by atoms with Crippen molar-refractivity contribution in [3.8, 4) is 27.3 Å². The average molecular weight is 509 g/mol. The third-order valence-electron chi connectivity index (χ3n) is 6.13. The van der Waals surface area contributed by atoms with Crippen molar-refractivity contribution >= 4 is 22.9 Å². The van der Waals surface area contributed by atoms with Crippen LogP contribution in [0.1, 0.15) is 31.0 Å². The van der Waals surface area contributed by atoms with Gasteiger partial charge < -0.3 is 5.21 Å². The van der Waals surface area contributed by atoms with E-state index < -0.39 is 5.82 Å². The molecule has 4 heterocycles. The van der Waals surface area contributed by atoms with Gasteiger partial charge in [0, 0.05) is 24.0 Å². The average Bonchev–Trinajstić information content (AvgIpc) is 3.31. The Hall–Kier alpha value is -3.70. The molecule has 0 spiro atoms. The normalized spacial score (nSPS) is 14.3. The lowest BCUT2D eigenvalue weighted by molar-refractivity contribution is -0.615. The predicted octanol–water partition coefficient (Wildman–Crippen LogP) is 4.46. The maximum absolute atomic E-state index is 15.2. The van der Waals surface area contributed by atoms with Gasteiger partial charge in [0.15, 0.2) is 12.0 Å². The highest BCUT2D eigenvalue weighted by Gasteiger charge is 2.32. The molecule has 1 atom stereocenters. The largest absolute Gasteiger partial charge is 0.618 e. The fourth-order valence-corrected chi connectivity index (χ4v) is 4.96. The van der Waals surface area contributed by atoms with Gasteiger partial charge in [-0.3, -0.25) is 9.67 Å². The van der Waals surface area contributed by atoms with E-state index in [0.717, 1.165) is 34.4 Å². The zero-order chi connectivity index (χ0) is 23.9. The van der Waals surface area contributed by atoms with Crippen LogP contribution in [0.4, 0.5) is 4.39 Å². The molecule has 1 aromatic carbocycles. The zero-order valence-electron chi connectivity index (χ0n) is 18.2. The van der Waals surface area contributed by atoms with E-state index in [9.17, 15) is 5.21 Å². The van der Waals surface area contributed by atoms with Crippen molar-refractivity contribution in [1.29, 1.82) is 0 Å². The quantitative estimate of drug-likeness (QED) is 0.237. The van der Waals surface area contributed by atoms with Crippen molar-refractivity contribution in [2.75, 3.05) is 0 Å². The SMILES string of the molecule is [O-][n+]1cc(-c2c(-n3cnnn3)ccc(Cl)c2F)ccc1C(CC1CC1)n1cc(-c2cncs2)cn1. The van der Waals surface area contributed by atoms with Crippen molar-refractivity contribution in [2.45, 2.75) is 25.3 Å². The highest BCUT2D eigenvalue weighted by molar-refractivity contribution is 7.13. The molecular weight excluding hydrogens is 491 g/mol. The van der Waals surface area contributed by atoms with Gasteiger partial charge in [-0.05, 0) is 41.0 Å². The molecule has 4 aromatic heterocycles. The highest BCUT2D eigenvalue weighted by Crippen LogP contribution is 2.39. The van der Waals surface area contributed by atoms with Crippen molar-refractivity contribution in [3.63, 3.8) is 0 Å². The Morgan fingerprint density at radius 1 is 1.20 bits per heavy atom. The van der Waals surface area contributed by atoms with Gasteiger partial charge in [-0.2, -0.15) is 14.5 Å². The summed E-state index contributed by atoms with van der Waals surface area (Å²) in [6, 6.07) is 6.24. The van der Waals surface area contributed by atoms with Gasteiger partial charge in [-0.15, -0.1) is 16.4 Å². The number of rotatable bonds is 7. The van der Waals surface area contributed by atoms with E-state index in [-0.39, 0.29) is 16.6 Å². The number of benzene rings is 1. The van der Waals surface area contributed by atoms with E-state index in [1.165, 1.54) is 34.6 Å². The lowest BCUT2D eigenvalue weighted by Gasteiger charge is -2.18. The second-order valence-corrected chi connectivity index (χ2v) is 9.74. The van der Waals surface area contributed by atoms with Crippen LogP contribution in [0.15, 0.2) is 60.9 Å². The van der Waals surface area contributed by atoms with E-state index in [1.807, 2.05) is 10.9 Å². The number of pyridine rings is 1. The maximum atomic E-state index is 15.2. The van der Waals surface area contributed by atoms with Crippen LogP contribution in [-0.4, -0.2) is 35.0 Å². The molecule has 0 aliphatic heterocycles. The summed E-state index contributed by atoms with van der Waals surface area (Å²) in [5, 5.41) is 28.9. The van der Waals surface area contributed by atoms with Crippen LogP contribution >= 0.6 is 22.9 Å². The van der Waals surface area contributed by atoms with Gasteiger partial charge >= 0.3 is 0 Å². The lowest BCUT2D eigenvalue weighted by Crippen LogP contribution is -2.35. The Morgan fingerprint density at radius 2 is 2.09 bits per heavy atom. The van der Waals surface area contributed by atoms with Crippen LogP contribution in [0.3, 0.4) is 0 Å². The Kier molecular flexibility index (Phi) is 5.50. The summed E-state index contributed by atoms with van der Waals surface area (Å²) >= 11 is 7.61. The zero-order valence-corrected chi connectivity index (χ0v) is 19.8. The first kappa shape index (κ1) is 21.8. The van der Waals surface area contributed by atoms with Gasteiger partial charge in [0.25, 0.3) is 0 Å². The van der Waals surface area contributed by atoms with Gasteiger partial charge in [-0.25, -0.2) is 4.39 Å². The van der Waals surface area contributed by atoms with Crippen LogP contribution in [0, 0.1) is 16.9 Å². The molecule has 176 valence electrons. The minimum Gasteiger partial charge on any atom is -0.618 e. The van der Waals surface area contributed by atoms with E-state index in [1.54, 1.807) is 36.1 Å². The van der Waals surface area contributed by atoms with Gasteiger partial charge in [0.2, 0.25) is 5.69 Å². The van der Waals surface area contributed by atoms with Crippen LogP contribution in [0.25, 0.3) is 27.3 Å². The molecule has 1 aliphatic carbocycles. The molecule has 12 heteroatoms. The van der Waals surface area contributed by atoms with Gasteiger partial charge in [-0.1, -0.05) is 24.4 Å². The number of halogens is 2. The molecule has 1 unspecified atom stereocenters. The molecule has 0 saturated heterocycles. The summed E-state index contributed by atoms with van der Waals surface area (Å²) in [5.41, 5.74) is 4.15. The first-order valence-corrected chi connectivity index (χ1v) is 12.2. The smallest absolute Gasteiger partial charge is 0.217 e. The Bertz CT molecular complexity index is 1480. The summed E-state index contributed by atoms with van der Waals surface area (Å²) in [7, 11) is 0. The molecule has 35 heavy (non-hydrogen) atoms. The molecule has 1 saturated carbocycles. The third-order valence-corrected chi connectivity index (χ3v) is 7.25. The van der Waals surface area contributed by atoms with Crippen LogP contribution in [-0.2, 0) is 0 Å². The summed E-state index contributed by atoms with van der Waals surface area (Å²) < 4.78 is 19.1. The number of hydrogen-bond donors (Lipinski definition) is 0. The fourth-order valence-electron chi connectivity index (χ4n) is 4.20. The Balaban J connectivity index is 1.41. The van der Waals surface area contributed by atoms with E-state index in [0.29, 0.717) is 22.9 Å².